The van der Waals surface area contributed by atoms with Gasteiger partial charge in [0.25, 0.3) is 0 Å². The highest BCUT2D eigenvalue weighted by Crippen LogP contribution is 2.18. The third-order valence-electron chi connectivity index (χ3n) is 15.0. The summed E-state index contributed by atoms with van der Waals surface area (Å²) in [5.74, 6) is -0.885. The summed E-state index contributed by atoms with van der Waals surface area (Å²) >= 11 is 0. The molecule has 0 bridgehead atoms. The van der Waals surface area contributed by atoms with Crippen molar-refractivity contribution < 1.29 is 28.6 Å². The van der Waals surface area contributed by atoms with Crippen molar-refractivity contribution in [1.82, 2.24) is 0 Å². The van der Waals surface area contributed by atoms with Crippen LogP contribution < -0.4 is 0 Å². The maximum absolute atomic E-state index is 12.9. The van der Waals surface area contributed by atoms with E-state index in [0.717, 1.165) is 103 Å². The molecular formula is C71H128O6. The third-order valence-corrected chi connectivity index (χ3v) is 15.0. The topological polar surface area (TPSA) is 78.9 Å². The summed E-state index contributed by atoms with van der Waals surface area (Å²) in [6.07, 6.45) is 83.9. The molecule has 0 aromatic rings. The first-order valence-corrected chi connectivity index (χ1v) is 33.8. The van der Waals surface area contributed by atoms with Gasteiger partial charge in [-0.05, 0) is 77.0 Å². The van der Waals surface area contributed by atoms with Gasteiger partial charge in [-0.1, -0.05) is 319 Å². The van der Waals surface area contributed by atoms with E-state index in [2.05, 4.69) is 81.5 Å². The largest absolute Gasteiger partial charge is 0.462 e. The van der Waals surface area contributed by atoms with Gasteiger partial charge in [-0.3, -0.25) is 14.4 Å². The molecule has 448 valence electrons. The molecule has 77 heavy (non-hydrogen) atoms. The molecular weight excluding hydrogens is 949 g/mol. The van der Waals surface area contributed by atoms with Crippen molar-refractivity contribution in [3.8, 4) is 0 Å². The summed E-state index contributed by atoms with van der Waals surface area (Å²) in [5.41, 5.74) is 0. The Kier molecular flexibility index (Phi) is 63.2. The van der Waals surface area contributed by atoms with E-state index >= 15 is 0 Å². The molecule has 0 aliphatic carbocycles. The number of esters is 3. The maximum Gasteiger partial charge on any atom is 0.306 e. The van der Waals surface area contributed by atoms with Crippen LogP contribution in [0.2, 0.25) is 0 Å². The number of carbonyl (C=O) groups excluding carboxylic acids is 3. The highest BCUT2D eigenvalue weighted by Gasteiger charge is 2.19. The number of hydrogen-bond acceptors (Lipinski definition) is 6. The zero-order valence-corrected chi connectivity index (χ0v) is 51.5. The molecule has 1 atom stereocenters. The fourth-order valence-corrected chi connectivity index (χ4v) is 9.95. The first-order chi connectivity index (χ1) is 38.0. The lowest BCUT2D eigenvalue weighted by Crippen LogP contribution is -2.30. The van der Waals surface area contributed by atoms with E-state index in [0.29, 0.717) is 19.3 Å². The molecule has 0 aromatic heterocycles. The molecule has 0 saturated carbocycles. The Morgan fingerprint density at radius 3 is 0.831 bits per heavy atom. The van der Waals surface area contributed by atoms with Crippen LogP contribution in [0.3, 0.4) is 0 Å². The van der Waals surface area contributed by atoms with Gasteiger partial charge in [0.05, 0.1) is 0 Å². The van der Waals surface area contributed by atoms with E-state index in [9.17, 15) is 14.4 Å². The van der Waals surface area contributed by atoms with Crippen LogP contribution >= 0.6 is 0 Å². The van der Waals surface area contributed by atoms with E-state index in [4.69, 9.17) is 14.2 Å². The van der Waals surface area contributed by atoms with Crippen molar-refractivity contribution in [3.05, 3.63) is 60.8 Å². The minimum Gasteiger partial charge on any atom is -0.462 e. The molecule has 0 saturated heterocycles. The second-order valence-electron chi connectivity index (χ2n) is 22.7. The molecule has 0 rings (SSSR count). The highest BCUT2D eigenvalue weighted by atomic mass is 16.6. The molecule has 0 fully saturated rings. The predicted molar refractivity (Wildman–Crippen MR) is 335 cm³/mol. The monoisotopic (exact) mass is 1080 g/mol. The van der Waals surface area contributed by atoms with Gasteiger partial charge in [0.2, 0.25) is 0 Å². The summed E-state index contributed by atoms with van der Waals surface area (Å²) in [7, 11) is 0. The first-order valence-electron chi connectivity index (χ1n) is 33.8. The Labute approximate surface area is 479 Å². The van der Waals surface area contributed by atoms with Gasteiger partial charge in [-0.25, -0.2) is 0 Å². The molecule has 6 heteroatoms. The molecule has 0 heterocycles. The van der Waals surface area contributed by atoms with Gasteiger partial charge in [0.1, 0.15) is 13.2 Å². The van der Waals surface area contributed by atoms with Crippen molar-refractivity contribution in [3.63, 3.8) is 0 Å². The number of rotatable bonds is 62. The summed E-state index contributed by atoms with van der Waals surface area (Å²) in [6, 6.07) is 0. The Hall–Kier alpha value is -2.89. The maximum atomic E-state index is 12.9. The Morgan fingerprint density at radius 2 is 0.519 bits per heavy atom. The second kappa shape index (κ2) is 65.6. The van der Waals surface area contributed by atoms with E-state index in [-0.39, 0.29) is 31.1 Å². The predicted octanol–water partition coefficient (Wildman–Crippen LogP) is 23.1. The van der Waals surface area contributed by atoms with Gasteiger partial charge < -0.3 is 14.2 Å². The van der Waals surface area contributed by atoms with E-state index in [1.54, 1.807) is 0 Å². The Balaban J connectivity index is 4.22. The highest BCUT2D eigenvalue weighted by molar-refractivity contribution is 5.71. The summed E-state index contributed by atoms with van der Waals surface area (Å²) in [6.45, 7) is 6.52. The van der Waals surface area contributed by atoms with Gasteiger partial charge in [0.15, 0.2) is 6.10 Å². The van der Waals surface area contributed by atoms with Crippen LogP contribution in [0.25, 0.3) is 0 Å². The van der Waals surface area contributed by atoms with Crippen LogP contribution in [0.5, 0.6) is 0 Å². The Morgan fingerprint density at radius 1 is 0.273 bits per heavy atom. The van der Waals surface area contributed by atoms with Crippen LogP contribution in [-0.4, -0.2) is 37.2 Å². The normalized spacial score (nSPS) is 12.4. The second-order valence-corrected chi connectivity index (χ2v) is 22.7. The van der Waals surface area contributed by atoms with Gasteiger partial charge in [-0.2, -0.15) is 0 Å². The fourth-order valence-electron chi connectivity index (χ4n) is 9.95. The van der Waals surface area contributed by atoms with E-state index in [1.807, 2.05) is 0 Å². The van der Waals surface area contributed by atoms with Gasteiger partial charge in [0, 0.05) is 19.3 Å². The fraction of sp³-hybridized carbons (Fsp3) is 0.817. The zero-order valence-electron chi connectivity index (χ0n) is 51.5. The zero-order chi connectivity index (χ0) is 55.7. The molecule has 0 aliphatic heterocycles. The smallest absolute Gasteiger partial charge is 0.306 e. The van der Waals surface area contributed by atoms with Crippen LogP contribution in [0.4, 0.5) is 0 Å². The molecule has 0 aromatic carbocycles. The van der Waals surface area contributed by atoms with Crippen LogP contribution in [0.1, 0.15) is 355 Å². The quantitative estimate of drug-likeness (QED) is 0.0261. The van der Waals surface area contributed by atoms with Crippen LogP contribution in [0.15, 0.2) is 60.8 Å². The summed E-state index contributed by atoms with van der Waals surface area (Å²) in [4.78, 5) is 38.3. The standard InChI is InChI=1S/C71H128O6/c1-4-7-10-13-16-19-22-25-28-30-31-32-33-34-35-36-37-38-39-40-42-43-46-49-52-55-58-61-64-70(73)76-67-68(66-75-69(72)63-60-57-54-51-48-45-27-24-21-18-15-12-9-6-3)77-71(74)65-62-59-56-53-50-47-44-41-29-26-23-20-17-14-11-8-5-2/h8,11,15,17-18,20,24,26-27,29,68H,4-7,9-10,12-14,16,19,21-23,25,28,30-67H2,1-3H3/b11-8-,18-15-,20-17-,27-24-,29-26-. The first kappa shape index (κ1) is 74.1. The summed E-state index contributed by atoms with van der Waals surface area (Å²) in [5, 5.41) is 0. The summed E-state index contributed by atoms with van der Waals surface area (Å²) < 4.78 is 16.9. The number of unbranched alkanes of at least 4 members (excludes halogenated alkanes) is 41. The van der Waals surface area contributed by atoms with E-state index in [1.165, 1.54) is 212 Å². The van der Waals surface area contributed by atoms with Crippen LogP contribution in [0, 0.1) is 0 Å². The molecule has 0 spiro atoms. The van der Waals surface area contributed by atoms with Crippen molar-refractivity contribution in [2.45, 2.75) is 361 Å². The average molecular weight is 1080 g/mol. The molecule has 0 amide bonds. The number of allylic oxidation sites excluding steroid dienone is 10. The van der Waals surface area contributed by atoms with E-state index < -0.39 is 6.10 Å². The van der Waals surface area contributed by atoms with Crippen molar-refractivity contribution in [2.75, 3.05) is 13.2 Å². The molecule has 1 unspecified atom stereocenters. The Bertz CT molecular complexity index is 1380. The minimum atomic E-state index is -0.785. The number of hydrogen-bond donors (Lipinski definition) is 0. The van der Waals surface area contributed by atoms with Crippen molar-refractivity contribution >= 4 is 17.9 Å². The average Bonchev–Trinajstić information content (AvgIpc) is 3.43. The van der Waals surface area contributed by atoms with Gasteiger partial charge in [-0.15, -0.1) is 0 Å². The SMILES string of the molecule is CC/C=C\C/C=C\C/C=C\CCCCCCCCCC(=O)OC(COC(=O)CCCCCCC/C=C\C/C=C\CCCC)COC(=O)CCCCCCCCCCCCCCCCCCCCCCCCCCCCCC. The van der Waals surface area contributed by atoms with Crippen molar-refractivity contribution in [1.29, 1.82) is 0 Å². The number of carbonyl (C=O) groups is 3. The lowest BCUT2D eigenvalue weighted by molar-refractivity contribution is -0.167. The van der Waals surface area contributed by atoms with Crippen LogP contribution in [-0.2, 0) is 28.6 Å². The molecule has 0 aliphatic rings. The lowest BCUT2D eigenvalue weighted by Gasteiger charge is -2.18. The molecule has 0 radical (unpaired) electrons. The lowest BCUT2D eigenvalue weighted by atomic mass is 10.0. The minimum absolute atomic E-state index is 0.0798. The molecule has 0 N–H and O–H groups in total. The molecule has 6 nitrogen and oxygen atoms in total. The van der Waals surface area contributed by atoms with Gasteiger partial charge >= 0.3 is 17.9 Å². The third kappa shape index (κ3) is 63.8. The van der Waals surface area contributed by atoms with Crippen molar-refractivity contribution in [2.24, 2.45) is 0 Å². The number of ether oxygens (including phenoxy) is 3.